The summed E-state index contributed by atoms with van der Waals surface area (Å²) in [6.45, 7) is 0. The molecular formula is C17H20FN3OS. The molecule has 2 aromatic rings. The van der Waals surface area contributed by atoms with E-state index in [-0.39, 0.29) is 23.7 Å². The highest BCUT2D eigenvalue weighted by molar-refractivity contribution is 7.15. The van der Waals surface area contributed by atoms with Crippen LogP contribution in [0.3, 0.4) is 0 Å². The van der Waals surface area contributed by atoms with Crippen LogP contribution in [0.2, 0.25) is 0 Å². The second-order valence-electron chi connectivity index (χ2n) is 6.01. The van der Waals surface area contributed by atoms with E-state index in [9.17, 15) is 9.18 Å². The minimum Gasteiger partial charge on any atom is -0.327 e. The van der Waals surface area contributed by atoms with Crippen LogP contribution in [-0.4, -0.2) is 16.9 Å². The molecule has 0 aliphatic heterocycles. The fraction of sp³-hybridized carbons (Fsp3) is 0.412. The molecule has 1 amide bonds. The predicted molar refractivity (Wildman–Crippen MR) is 89.9 cm³/mol. The average molecular weight is 333 g/mol. The molecule has 1 aliphatic carbocycles. The van der Waals surface area contributed by atoms with Crippen molar-refractivity contribution in [1.82, 2.24) is 4.98 Å². The molecule has 1 aliphatic rings. The number of benzene rings is 1. The first kappa shape index (κ1) is 16.1. The highest BCUT2D eigenvalue weighted by Crippen LogP contribution is 2.28. The molecule has 1 heterocycles. The number of nitrogens with one attached hydrogen (secondary N) is 1. The molecule has 4 nitrogen and oxygen atoms in total. The van der Waals surface area contributed by atoms with Crippen LogP contribution >= 0.6 is 11.3 Å². The fourth-order valence-corrected chi connectivity index (χ4v) is 3.86. The quantitative estimate of drug-likeness (QED) is 0.882. The zero-order valence-corrected chi connectivity index (χ0v) is 13.6. The van der Waals surface area contributed by atoms with Crippen molar-refractivity contribution in [3.63, 3.8) is 0 Å². The van der Waals surface area contributed by atoms with Crippen LogP contribution in [-0.2, 0) is 11.2 Å². The standard InChI is InChI=1S/C17H20FN3OS/c18-14-6-2-1-4-11(14)8-13-10-20-17(23-13)21-16(22)9-12-5-3-7-15(12)19/h1-2,4,6,10,12,15H,3,5,7-9,19H2,(H,20,21,22)/t12-,15+/m0/s1. The molecule has 3 N–H and O–H groups in total. The number of rotatable bonds is 5. The Bertz CT molecular complexity index is 688. The van der Waals surface area contributed by atoms with Gasteiger partial charge in [0.2, 0.25) is 5.91 Å². The van der Waals surface area contributed by atoms with E-state index in [4.69, 9.17) is 5.73 Å². The molecule has 0 bridgehead atoms. The molecule has 122 valence electrons. The van der Waals surface area contributed by atoms with Crippen LogP contribution in [0.4, 0.5) is 9.52 Å². The van der Waals surface area contributed by atoms with Gasteiger partial charge in [-0.05, 0) is 30.4 Å². The molecule has 0 unspecified atom stereocenters. The monoisotopic (exact) mass is 333 g/mol. The molecule has 1 fully saturated rings. The Balaban J connectivity index is 1.57. The average Bonchev–Trinajstić information content (AvgIpc) is 3.11. The lowest BCUT2D eigenvalue weighted by molar-refractivity contribution is -0.117. The maximum absolute atomic E-state index is 13.7. The third kappa shape index (κ3) is 4.14. The van der Waals surface area contributed by atoms with Crippen molar-refractivity contribution in [3.8, 4) is 0 Å². The Hall–Kier alpha value is -1.79. The number of anilines is 1. The minimum absolute atomic E-state index is 0.0425. The summed E-state index contributed by atoms with van der Waals surface area (Å²) < 4.78 is 13.7. The van der Waals surface area contributed by atoms with E-state index in [1.807, 2.05) is 6.07 Å². The van der Waals surface area contributed by atoms with E-state index in [1.165, 1.54) is 17.4 Å². The lowest BCUT2D eigenvalue weighted by Crippen LogP contribution is -2.28. The fourth-order valence-electron chi connectivity index (χ4n) is 3.00. The van der Waals surface area contributed by atoms with Crippen molar-refractivity contribution in [2.75, 3.05) is 5.32 Å². The van der Waals surface area contributed by atoms with E-state index in [2.05, 4.69) is 10.3 Å². The van der Waals surface area contributed by atoms with Gasteiger partial charge in [0.15, 0.2) is 5.13 Å². The van der Waals surface area contributed by atoms with Crippen LogP contribution in [0, 0.1) is 11.7 Å². The highest BCUT2D eigenvalue weighted by Gasteiger charge is 2.26. The molecule has 6 heteroatoms. The zero-order valence-electron chi connectivity index (χ0n) is 12.8. The van der Waals surface area contributed by atoms with Gasteiger partial charge in [-0.25, -0.2) is 9.37 Å². The first-order valence-electron chi connectivity index (χ1n) is 7.85. The van der Waals surface area contributed by atoms with Crippen LogP contribution in [0.25, 0.3) is 0 Å². The van der Waals surface area contributed by atoms with E-state index < -0.39 is 0 Å². The second kappa shape index (κ2) is 7.19. The smallest absolute Gasteiger partial charge is 0.226 e. The summed E-state index contributed by atoms with van der Waals surface area (Å²) in [5, 5.41) is 3.39. The van der Waals surface area contributed by atoms with Gasteiger partial charge in [0.1, 0.15) is 5.82 Å². The number of carbonyl (C=O) groups excluding carboxylic acids is 1. The van der Waals surface area contributed by atoms with Crippen LogP contribution in [0.1, 0.15) is 36.1 Å². The first-order valence-corrected chi connectivity index (χ1v) is 8.67. The van der Waals surface area contributed by atoms with Crippen LogP contribution in [0.5, 0.6) is 0 Å². The number of hydrogen-bond donors (Lipinski definition) is 2. The SMILES string of the molecule is N[C@@H]1CCC[C@H]1CC(=O)Nc1ncc(Cc2ccccc2F)s1. The summed E-state index contributed by atoms with van der Waals surface area (Å²) >= 11 is 1.38. The first-order chi connectivity index (χ1) is 11.1. The number of halogens is 1. The van der Waals surface area contributed by atoms with Crippen molar-refractivity contribution >= 4 is 22.4 Å². The van der Waals surface area contributed by atoms with Gasteiger partial charge < -0.3 is 11.1 Å². The van der Waals surface area contributed by atoms with Gasteiger partial charge in [-0.15, -0.1) is 11.3 Å². The van der Waals surface area contributed by atoms with Crippen LogP contribution < -0.4 is 11.1 Å². The molecular weight excluding hydrogens is 313 g/mol. The third-order valence-electron chi connectivity index (χ3n) is 4.29. The van der Waals surface area contributed by atoms with Gasteiger partial charge in [-0.1, -0.05) is 24.6 Å². The molecule has 2 atom stereocenters. The van der Waals surface area contributed by atoms with Crippen molar-refractivity contribution in [2.45, 2.75) is 38.1 Å². The lowest BCUT2D eigenvalue weighted by atomic mass is 10.00. The molecule has 23 heavy (non-hydrogen) atoms. The summed E-state index contributed by atoms with van der Waals surface area (Å²) in [5.74, 6) is 0.00805. The predicted octanol–water partition coefficient (Wildman–Crippen LogP) is 3.33. The number of thiazole rings is 1. The molecule has 1 aromatic carbocycles. The normalized spacial score (nSPS) is 20.6. The Labute approximate surface area is 138 Å². The van der Waals surface area contributed by atoms with E-state index in [1.54, 1.807) is 18.3 Å². The van der Waals surface area contributed by atoms with Gasteiger partial charge >= 0.3 is 0 Å². The van der Waals surface area contributed by atoms with E-state index in [0.29, 0.717) is 23.5 Å². The summed E-state index contributed by atoms with van der Waals surface area (Å²) in [6.07, 6.45) is 5.74. The van der Waals surface area contributed by atoms with Gasteiger partial charge in [0.25, 0.3) is 0 Å². The number of nitrogens with zero attached hydrogens (tertiary/aromatic N) is 1. The summed E-state index contributed by atoms with van der Waals surface area (Å²) in [4.78, 5) is 17.2. The number of hydrogen-bond acceptors (Lipinski definition) is 4. The minimum atomic E-state index is -0.221. The Morgan fingerprint density at radius 1 is 1.39 bits per heavy atom. The molecule has 0 saturated heterocycles. The van der Waals surface area contributed by atoms with E-state index in [0.717, 1.165) is 24.1 Å². The maximum atomic E-state index is 13.7. The Morgan fingerprint density at radius 2 is 2.22 bits per heavy atom. The lowest BCUT2D eigenvalue weighted by Gasteiger charge is -2.13. The summed E-state index contributed by atoms with van der Waals surface area (Å²) in [6, 6.07) is 6.82. The number of aromatic nitrogens is 1. The number of amides is 1. The largest absolute Gasteiger partial charge is 0.327 e. The van der Waals surface area contributed by atoms with Gasteiger partial charge in [0, 0.05) is 30.0 Å². The van der Waals surface area contributed by atoms with Crippen molar-refractivity contribution in [3.05, 3.63) is 46.7 Å². The summed E-state index contributed by atoms with van der Waals surface area (Å²) in [7, 11) is 0. The molecule has 0 radical (unpaired) electrons. The van der Waals surface area contributed by atoms with Crippen molar-refractivity contribution in [1.29, 1.82) is 0 Å². The van der Waals surface area contributed by atoms with Gasteiger partial charge in [0.05, 0.1) is 0 Å². The second-order valence-corrected chi connectivity index (χ2v) is 7.12. The topological polar surface area (TPSA) is 68.0 Å². The van der Waals surface area contributed by atoms with Gasteiger partial charge in [-0.3, -0.25) is 4.79 Å². The zero-order chi connectivity index (χ0) is 16.2. The van der Waals surface area contributed by atoms with Crippen molar-refractivity contribution in [2.24, 2.45) is 11.7 Å². The number of nitrogens with two attached hydrogens (primary N) is 1. The van der Waals surface area contributed by atoms with E-state index >= 15 is 0 Å². The van der Waals surface area contributed by atoms with Gasteiger partial charge in [-0.2, -0.15) is 0 Å². The molecule has 3 rings (SSSR count). The maximum Gasteiger partial charge on any atom is 0.226 e. The molecule has 1 aromatic heterocycles. The number of carbonyl (C=O) groups is 1. The highest BCUT2D eigenvalue weighted by atomic mass is 32.1. The Morgan fingerprint density at radius 3 is 2.96 bits per heavy atom. The third-order valence-corrected chi connectivity index (χ3v) is 5.20. The molecule has 0 spiro atoms. The summed E-state index contributed by atoms with van der Waals surface area (Å²) in [5.41, 5.74) is 6.63. The molecule has 1 saturated carbocycles. The van der Waals surface area contributed by atoms with Crippen LogP contribution in [0.15, 0.2) is 30.5 Å². The van der Waals surface area contributed by atoms with Crippen molar-refractivity contribution < 1.29 is 9.18 Å². The Kier molecular flexibility index (Phi) is 5.03.